The van der Waals surface area contributed by atoms with Gasteiger partial charge in [-0.2, -0.15) is 18.2 Å². The summed E-state index contributed by atoms with van der Waals surface area (Å²) in [6.45, 7) is 0.256. The predicted molar refractivity (Wildman–Crippen MR) is 141 cm³/mol. The summed E-state index contributed by atoms with van der Waals surface area (Å²) in [4.78, 5) is 43.6. The number of aryl methyl sites for hydroxylation is 2. The number of rotatable bonds is 15. The van der Waals surface area contributed by atoms with Crippen LogP contribution >= 0.6 is 0 Å². The number of unbranched alkanes of at least 4 members (excludes halogenated alkanes) is 1. The Hall–Kier alpha value is -3.44. The second-order valence-corrected chi connectivity index (χ2v) is 9.21. The van der Waals surface area contributed by atoms with Crippen LogP contribution in [0.4, 0.5) is 13.2 Å². The molecule has 8 nitrogen and oxygen atoms in total. The van der Waals surface area contributed by atoms with Crippen LogP contribution in [0.3, 0.4) is 0 Å². The van der Waals surface area contributed by atoms with Crippen molar-refractivity contribution >= 4 is 17.8 Å². The lowest BCUT2D eigenvalue weighted by atomic mass is 9.84. The second kappa shape index (κ2) is 15.8. The molecule has 0 unspecified atom stereocenters. The maximum Gasteiger partial charge on any atom is 0.493 e. The molecule has 0 fully saturated rings. The minimum Gasteiger partial charge on any atom is -0.354 e. The van der Waals surface area contributed by atoms with Gasteiger partial charge < -0.3 is 21.6 Å². The summed E-state index contributed by atoms with van der Waals surface area (Å²) in [6.07, 6.45) is -3.77. The van der Waals surface area contributed by atoms with E-state index < -0.39 is 35.9 Å². The van der Waals surface area contributed by atoms with Crippen LogP contribution in [0, 0.1) is 0 Å². The number of hydrogen-bond donors (Lipinski definition) is 3. The fourth-order valence-electron chi connectivity index (χ4n) is 4.25. The van der Waals surface area contributed by atoms with E-state index in [0.717, 1.165) is 11.1 Å². The van der Waals surface area contributed by atoms with Crippen molar-refractivity contribution in [1.82, 2.24) is 10.4 Å². The van der Waals surface area contributed by atoms with E-state index in [1.807, 2.05) is 30.3 Å². The first kappa shape index (κ1) is 31.8. The zero-order valence-electron chi connectivity index (χ0n) is 21.9. The van der Waals surface area contributed by atoms with Crippen LogP contribution < -0.4 is 16.8 Å². The molecule has 0 saturated heterocycles. The number of amides is 2. The molecule has 5 N–H and O–H groups in total. The first-order valence-electron chi connectivity index (χ1n) is 13.0. The van der Waals surface area contributed by atoms with Gasteiger partial charge in [-0.1, -0.05) is 60.7 Å². The number of halogens is 3. The van der Waals surface area contributed by atoms with Crippen molar-refractivity contribution in [3.63, 3.8) is 0 Å². The van der Waals surface area contributed by atoms with Crippen molar-refractivity contribution in [3.8, 4) is 0 Å². The molecule has 2 aromatic rings. The molecule has 0 aliphatic rings. The lowest BCUT2D eigenvalue weighted by Gasteiger charge is -2.41. The van der Waals surface area contributed by atoms with Crippen LogP contribution in [0.5, 0.6) is 0 Å². The molecule has 0 saturated carbocycles. The molecule has 11 heteroatoms. The van der Waals surface area contributed by atoms with Crippen LogP contribution in [0.1, 0.15) is 49.7 Å². The first-order valence-corrected chi connectivity index (χ1v) is 13.0. The van der Waals surface area contributed by atoms with Gasteiger partial charge in [-0.15, -0.1) is 0 Å². The predicted octanol–water partition coefficient (Wildman–Crippen LogP) is 3.43. The number of carbonyl (C=O) groups is 3. The largest absolute Gasteiger partial charge is 0.493 e. The van der Waals surface area contributed by atoms with Gasteiger partial charge in [0.15, 0.2) is 5.54 Å². The van der Waals surface area contributed by atoms with Crippen LogP contribution in [-0.2, 0) is 32.1 Å². The Balaban J connectivity index is 2.42. The Bertz CT molecular complexity index is 1040. The van der Waals surface area contributed by atoms with Crippen molar-refractivity contribution in [2.75, 3.05) is 19.6 Å². The van der Waals surface area contributed by atoms with E-state index in [4.69, 9.17) is 11.5 Å². The molecular formula is C28H37F3N4O4. The first-order chi connectivity index (χ1) is 18.6. The van der Waals surface area contributed by atoms with Crippen LogP contribution in [0.25, 0.3) is 0 Å². The van der Waals surface area contributed by atoms with E-state index in [1.54, 1.807) is 30.3 Å². The fraction of sp³-hybridized carbons (Fsp3) is 0.464. The lowest BCUT2D eigenvalue weighted by Crippen LogP contribution is -2.62. The van der Waals surface area contributed by atoms with Gasteiger partial charge in [-0.3, -0.25) is 9.59 Å². The van der Waals surface area contributed by atoms with Gasteiger partial charge in [0.05, 0.1) is 0 Å². The molecule has 0 spiro atoms. The molecule has 0 aliphatic heterocycles. The average molecular weight is 551 g/mol. The molecule has 0 radical (unpaired) electrons. The molecule has 1 atom stereocenters. The van der Waals surface area contributed by atoms with Gasteiger partial charge in [0.25, 0.3) is 5.91 Å². The number of nitrogens with zero attached hydrogens (tertiary/aromatic N) is 1. The lowest BCUT2D eigenvalue weighted by molar-refractivity contribution is -0.254. The summed E-state index contributed by atoms with van der Waals surface area (Å²) in [7, 11) is 0. The van der Waals surface area contributed by atoms with Gasteiger partial charge in [-0.25, -0.2) is 4.79 Å². The van der Waals surface area contributed by atoms with E-state index in [9.17, 15) is 27.6 Å². The normalized spacial score (nSPS) is 12.8. The zero-order valence-corrected chi connectivity index (χ0v) is 21.9. The summed E-state index contributed by atoms with van der Waals surface area (Å²) < 4.78 is 39.8. The minimum absolute atomic E-state index is 0.0665. The monoisotopic (exact) mass is 550 g/mol. The molecule has 0 bridgehead atoms. The summed E-state index contributed by atoms with van der Waals surface area (Å²) in [5, 5.41) is 3.10. The molecule has 2 amide bonds. The Morgan fingerprint density at radius 1 is 0.795 bits per heavy atom. The number of benzene rings is 2. The van der Waals surface area contributed by atoms with Gasteiger partial charge in [-0.05, 0) is 62.6 Å². The summed E-state index contributed by atoms with van der Waals surface area (Å²) >= 11 is 0. The SMILES string of the molecule is NCCCC[C@@](CCc1ccccc1)(C(=O)NCCCc1ccccc1)N(OC(=O)C(F)(F)F)C(=O)CCN. The van der Waals surface area contributed by atoms with E-state index in [0.29, 0.717) is 30.7 Å². The standard InChI is InChI=1S/C28H37F3N4O4/c29-28(30,31)26(38)39-35(24(36)16-20-33)27(17-7-8-19-32,18-15-23-12-5-2-6-13-23)25(37)34-21-9-14-22-10-3-1-4-11-22/h1-6,10-13H,7-9,14-21,32-33H2,(H,34,37)/t27-/m1/s1. The molecular weight excluding hydrogens is 513 g/mol. The Kier molecular flexibility index (Phi) is 12.9. The van der Waals surface area contributed by atoms with Crippen LogP contribution in [-0.4, -0.2) is 54.2 Å². The highest BCUT2D eigenvalue weighted by Crippen LogP contribution is 2.32. The molecule has 214 valence electrons. The summed E-state index contributed by atoms with van der Waals surface area (Å²) in [5.74, 6) is -4.29. The maximum absolute atomic E-state index is 13.8. The number of nitrogens with two attached hydrogens (primary N) is 2. The maximum atomic E-state index is 13.8. The molecule has 2 aromatic carbocycles. The molecule has 0 aliphatic carbocycles. The number of nitrogens with one attached hydrogen (secondary N) is 1. The van der Waals surface area contributed by atoms with Gasteiger partial charge >= 0.3 is 12.1 Å². The Morgan fingerprint density at radius 3 is 1.92 bits per heavy atom. The van der Waals surface area contributed by atoms with Crippen molar-refractivity contribution < 1.29 is 32.4 Å². The van der Waals surface area contributed by atoms with Crippen LogP contribution in [0.2, 0.25) is 0 Å². The van der Waals surface area contributed by atoms with Crippen molar-refractivity contribution in [3.05, 3.63) is 71.8 Å². The highest BCUT2D eigenvalue weighted by Gasteiger charge is 2.51. The van der Waals surface area contributed by atoms with Gasteiger partial charge in [0, 0.05) is 19.5 Å². The quantitative estimate of drug-likeness (QED) is 0.230. The van der Waals surface area contributed by atoms with Crippen LogP contribution in [0.15, 0.2) is 60.7 Å². The second-order valence-electron chi connectivity index (χ2n) is 9.21. The van der Waals surface area contributed by atoms with E-state index in [-0.39, 0.29) is 38.9 Å². The highest BCUT2D eigenvalue weighted by atomic mass is 19.4. The minimum atomic E-state index is -5.38. The zero-order chi connectivity index (χ0) is 28.7. The third kappa shape index (κ3) is 9.99. The topological polar surface area (TPSA) is 128 Å². The van der Waals surface area contributed by atoms with Crippen molar-refractivity contribution in [2.45, 2.75) is 63.1 Å². The van der Waals surface area contributed by atoms with E-state index in [1.165, 1.54) is 0 Å². The number of hydrogen-bond acceptors (Lipinski definition) is 6. The number of hydroxylamine groups is 2. The van der Waals surface area contributed by atoms with Gasteiger partial charge in [0.2, 0.25) is 5.91 Å². The summed E-state index contributed by atoms with van der Waals surface area (Å²) in [5.41, 5.74) is 11.1. The van der Waals surface area contributed by atoms with E-state index in [2.05, 4.69) is 10.2 Å². The average Bonchev–Trinajstić information content (AvgIpc) is 2.92. The Morgan fingerprint density at radius 2 is 1.38 bits per heavy atom. The Labute approximate surface area is 226 Å². The molecule has 2 rings (SSSR count). The van der Waals surface area contributed by atoms with Gasteiger partial charge in [0.1, 0.15) is 0 Å². The summed E-state index contributed by atoms with van der Waals surface area (Å²) in [6, 6.07) is 18.6. The molecule has 39 heavy (non-hydrogen) atoms. The van der Waals surface area contributed by atoms with Crippen molar-refractivity contribution in [1.29, 1.82) is 0 Å². The highest BCUT2D eigenvalue weighted by molar-refractivity contribution is 5.92. The third-order valence-corrected chi connectivity index (χ3v) is 6.29. The smallest absolute Gasteiger partial charge is 0.354 e. The van der Waals surface area contributed by atoms with E-state index >= 15 is 0 Å². The molecule has 0 heterocycles. The number of carbonyl (C=O) groups excluding carboxylic acids is 3. The van der Waals surface area contributed by atoms with Crippen molar-refractivity contribution in [2.24, 2.45) is 11.5 Å². The fourth-order valence-corrected chi connectivity index (χ4v) is 4.25. The molecule has 0 aromatic heterocycles. The third-order valence-electron chi connectivity index (χ3n) is 6.29. The number of alkyl halides is 3.